The number of aromatic hydroxyl groups is 4. The Kier molecular flexibility index (Phi) is 5.78. The van der Waals surface area contributed by atoms with Crippen molar-refractivity contribution in [3.63, 3.8) is 0 Å². The number of ether oxygens (including phenoxy) is 3. The summed E-state index contributed by atoms with van der Waals surface area (Å²) in [6.07, 6.45) is -8.33. The Morgan fingerprint density at radius 1 is 0.848 bits per heavy atom. The molecule has 7 N–H and O–H groups in total. The van der Waals surface area contributed by atoms with E-state index in [2.05, 4.69) is 0 Å². The van der Waals surface area contributed by atoms with E-state index in [0.29, 0.717) is 0 Å². The van der Waals surface area contributed by atoms with E-state index in [1.807, 2.05) is 0 Å². The largest absolute Gasteiger partial charge is 0.508 e. The molecule has 0 saturated carbocycles. The number of phenolic OH excluding ortho intramolecular Hbond substituents is 4. The van der Waals surface area contributed by atoms with Gasteiger partial charge in [-0.3, -0.25) is 4.79 Å². The third-order valence-corrected chi connectivity index (χ3v) is 5.15. The summed E-state index contributed by atoms with van der Waals surface area (Å²) in [6, 6.07) is 5.43. The molecule has 4 rings (SSSR count). The number of benzene rings is 2. The van der Waals surface area contributed by atoms with Crippen LogP contribution in [0.4, 0.5) is 0 Å². The Labute approximate surface area is 184 Å². The van der Waals surface area contributed by atoms with E-state index in [1.165, 1.54) is 13.2 Å². The minimum atomic E-state index is -1.82. The van der Waals surface area contributed by atoms with Gasteiger partial charge >= 0.3 is 0 Å². The maximum absolute atomic E-state index is 13.3. The molecule has 0 radical (unpaired) electrons. The van der Waals surface area contributed by atoms with E-state index in [1.54, 1.807) is 0 Å². The van der Waals surface area contributed by atoms with Crippen molar-refractivity contribution in [1.82, 2.24) is 0 Å². The van der Waals surface area contributed by atoms with E-state index in [0.717, 1.165) is 24.3 Å². The second-order valence-electron chi connectivity index (χ2n) is 7.33. The molecule has 12 heteroatoms. The van der Waals surface area contributed by atoms with Crippen LogP contribution in [0.2, 0.25) is 0 Å². The van der Waals surface area contributed by atoms with Crippen LogP contribution in [0.25, 0.3) is 22.3 Å². The Balaban J connectivity index is 1.91. The van der Waals surface area contributed by atoms with Crippen molar-refractivity contribution in [1.29, 1.82) is 0 Å². The van der Waals surface area contributed by atoms with Crippen molar-refractivity contribution in [2.75, 3.05) is 7.11 Å². The molecule has 0 bridgehead atoms. The molecule has 0 unspecified atom stereocenters. The molecule has 0 aliphatic carbocycles. The van der Waals surface area contributed by atoms with Crippen LogP contribution in [0.15, 0.2) is 39.5 Å². The van der Waals surface area contributed by atoms with E-state index in [4.69, 9.17) is 18.6 Å². The van der Waals surface area contributed by atoms with E-state index >= 15 is 0 Å². The Bertz CT molecular complexity index is 1250. The van der Waals surface area contributed by atoms with Crippen molar-refractivity contribution in [3.8, 4) is 40.1 Å². The monoisotopic (exact) mass is 464 g/mol. The number of rotatable bonds is 4. The molecule has 1 aromatic heterocycles. The Morgan fingerprint density at radius 2 is 1.55 bits per heavy atom. The van der Waals surface area contributed by atoms with Gasteiger partial charge in [-0.05, 0) is 18.2 Å². The quantitative estimate of drug-likeness (QED) is 0.257. The predicted octanol–water partition coefficient (Wildman–Crippen LogP) is 0.0727. The highest BCUT2D eigenvalue weighted by Crippen LogP contribution is 2.39. The van der Waals surface area contributed by atoms with E-state index < -0.39 is 65.1 Å². The predicted molar refractivity (Wildman–Crippen MR) is 109 cm³/mol. The number of aliphatic hydroxyl groups is 3. The molecule has 2 heterocycles. The normalized spacial score (nSPS) is 25.3. The van der Waals surface area contributed by atoms with E-state index in [9.17, 15) is 40.5 Å². The zero-order valence-corrected chi connectivity index (χ0v) is 16.9. The first kappa shape index (κ1) is 22.6. The fourth-order valence-electron chi connectivity index (χ4n) is 3.46. The number of hydrogen-bond donors (Lipinski definition) is 7. The summed E-state index contributed by atoms with van der Waals surface area (Å²) >= 11 is 0. The van der Waals surface area contributed by atoms with Gasteiger partial charge in [0.1, 0.15) is 40.8 Å². The number of methoxy groups -OCH3 is 1. The maximum atomic E-state index is 13.3. The molecule has 33 heavy (non-hydrogen) atoms. The lowest BCUT2D eigenvalue weighted by atomic mass is 10.0. The molecule has 0 spiro atoms. The van der Waals surface area contributed by atoms with Crippen LogP contribution in [-0.2, 0) is 9.47 Å². The summed E-state index contributed by atoms with van der Waals surface area (Å²) in [5, 5.41) is 69.4. The van der Waals surface area contributed by atoms with Gasteiger partial charge in [0.2, 0.25) is 17.5 Å². The molecular formula is C21H20O12. The average molecular weight is 464 g/mol. The van der Waals surface area contributed by atoms with Crippen molar-refractivity contribution >= 4 is 11.0 Å². The van der Waals surface area contributed by atoms with Crippen molar-refractivity contribution in [3.05, 3.63) is 40.6 Å². The minimum Gasteiger partial charge on any atom is -0.508 e. The summed E-state index contributed by atoms with van der Waals surface area (Å²) in [5.41, 5.74) is -1.14. The third-order valence-electron chi connectivity index (χ3n) is 5.15. The van der Waals surface area contributed by atoms with Crippen molar-refractivity contribution in [2.24, 2.45) is 0 Å². The number of fused-ring (bicyclic) bond motifs is 1. The van der Waals surface area contributed by atoms with Gasteiger partial charge in [-0.15, -0.1) is 0 Å². The number of phenols is 4. The fraction of sp³-hybridized carbons (Fsp3) is 0.286. The topological polar surface area (TPSA) is 200 Å². The van der Waals surface area contributed by atoms with Gasteiger partial charge in [0.25, 0.3) is 0 Å². The molecule has 1 fully saturated rings. The lowest BCUT2D eigenvalue weighted by Gasteiger charge is -2.39. The maximum Gasteiger partial charge on any atom is 0.239 e. The van der Waals surface area contributed by atoms with E-state index in [-0.39, 0.29) is 22.3 Å². The second-order valence-corrected chi connectivity index (χ2v) is 7.33. The zero-order valence-electron chi connectivity index (χ0n) is 16.9. The van der Waals surface area contributed by atoms with Gasteiger partial charge in [0.15, 0.2) is 23.5 Å². The highest BCUT2D eigenvalue weighted by atomic mass is 16.8. The Hall–Kier alpha value is -3.55. The summed E-state index contributed by atoms with van der Waals surface area (Å²) in [7, 11) is 1.18. The number of aliphatic hydroxyl groups excluding tert-OH is 3. The smallest absolute Gasteiger partial charge is 0.239 e. The molecule has 3 aromatic rings. The first-order valence-electron chi connectivity index (χ1n) is 9.56. The molecular weight excluding hydrogens is 444 g/mol. The molecule has 2 aromatic carbocycles. The minimum absolute atomic E-state index is 0.0382. The van der Waals surface area contributed by atoms with Crippen LogP contribution in [0.3, 0.4) is 0 Å². The van der Waals surface area contributed by atoms with Crippen LogP contribution in [0.1, 0.15) is 0 Å². The van der Waals surface area contributed by atoms with Gasteiger partial charge < -0.3 is 54.4 Å². The molecule has 1 aliphatic heterocycles. The molecule has 176 valence electrons. The van der Waals surface area contributed by atoms with Crippen molar-refractivity contribution < 1.29 is 54.4 Å². The highest BCUT2D eigenvalue weighted by molar-refractivity contribution is 5.88. The second kappa shape index (κ2) is 8.42. The van der Waals surface area contributed by atoms with Gasteiger partial charge in [0, 0.05) is 24.8 Å². The van der Waals surface area contributed by atoms with Gasteiger partial charge in [-0.25, -0.2) is 0 Å². The highest BCUT2D eigenvalue weighted by Gasteiger charge is 2.46. The van der Waals surface area contributed by atoms with Gasteiger partial charge in [-0.2, -0.15) is 0 Å². The fourth-order valence-corrected chi connectivity index (χ4v) is 3.46. The third kappa shape index (κ3) is 3.90. The average Bonchev–Trinajstić information content (AvgIpc) is 2.76. The van der Waals surface area contributed by atoms with Crippen LogP contribution < -0.4 is 10.2 Å². The lowest BCUT2D eigenvalue weighted by molar-refractivity contribution is -0.327. The molecule has 1 saturated heterocycles. The molecule has 0 amide bonds. The summed E-state index contributed by atoms with van der Waals surface area (Å²) in [5.74, 6) is -2.95. The molecule has 5 atom stereocenters. The molecule has 12 nitrogen and oxygen atoms in total. The van der Waals surface area contributed by atoms with Gasteiger partial charge in [-0.1, -0.05) is 0 Å². The summed E-state index contributed by atoms with van der Waals surface area (Å²) in [6.45, 7) is 0. The van der Waals surface area contributed by atoms with Crippen LogP contribution in [0, 0.1) is 0 Å². The SMILES string of the molecule is CO[C@H]1O[C@@H](Oc2c(-c3ccc(O)c(O)c3)oc3cc(O)cc(O)c3c2=O)[C@H](O)[C@@H](O)[C@H]1O. The standard InChI is InChI=1S/C21H20O12/c1-30-20-16(28)15(27)17(29)21(33-20)32-19-14(26)13-11(25)5-8(22)6-12(13)31-18(19)7-2-3-9(23)10(24)4-7/h2-6,15-17,20-25,27-29H,1H3/t15-,16+,17+,20-,21+/m0/s1. The van der Waals surface area contributed by atoms with Crippen LogP contribution in [-0.4, -0.2) is 73.7 Å². The first-order valence-corrected chi connectivity index (χ1v) is 9.56. The van der Waals surface area contributed by atoms with Crippen LogP contribution in [0.5, 0.6) is 28.7 Å². The first-order chi connectivity index (χ1) is 15.6. The van der Waals surface area contributed by atoms with Gasteiger partial charge in [0.05, 0.1) is 0 Å². The summed E-state index contributed by atoms with van der Waals surface area (Å²) < 4.78 is 21.4. The summed E-state index contributed by atoms with van der Waals surface area (Å²) in [4.78, 5) is 13.3. The molecule has 1 aliphatic rings. The Morgan fingerprint density at radius 3 is 2.21 bits per heavy atom. The lowest BCUT2D eigenvalue weighted by Crippen LogP contribution is -2.59. The van der Waals surface area contributed by atoms with Crippen molar-refractivity contribution in [2.45, 2.75) is 30.9 Å². The zero-order chi connectivity index (χ0) is 24.0. The number of hydrogen-bond acceptors (Lipinski definition) is 12. The van der Waals surface area contributed by atoms with Crippen LogP contribution >= 0.6 is 0 Å².